The second-order valence-electron chi connectivity index (χ2n) is 6.93. The topological polar surface area (TPSA) is 94.2 Å². The first-order valence-corrected chi connectivity index (χ1v) is 9.18. The molecule has 0 saturated carbocycles. The summed E-state index contributed by atoms with van der Waals surface area (Å²) in [5.41, 5.74) is 6.14. The summed E-state index contributed by atoms with van der Waals surface area (Å²) in [6, 6.07) is 11.1. The van der Waals surface area contributed by atoms with Crippen molar-refractivity contribution >= 4 is 11.9 Å². The van der Waals surface area contributed by atoms with Gasteiger partial charge < -0.3 is 15.4 Å². The Hall–Kier alpha value is -3.69. The first-order valence-electron chi connectivity index (χ1n) is 9.18. The number of nitrogens with zero attached hydrogens (tertiary/aromatic N) is 4. The van der Waals surface area contributed by atoms with E-state index in [0.29, 0.717) is 5.56 Å². The van der Waals surface area contributed by atoms with Crippen LogP contribution >= 0.6 is 0 Å². The molecule has 7 nitrogen and oxygen atoms in total. The van der Waals surface area contributed by atoms with Crippen LogP contribution in [-0.2, 0) is 11.0 Å². The molecule has 0 saturated heterocycles. The molecule has 10 heteroatoms. The molecule has 31 heavy (non-hydrogen) atoms. The number of ether oxygens (including phenoxy) is 1. The number of rotatable bonds is 5. The van der Waals surface area contributed by atoms with Gasteiger partial charge in [-0.2, -0.15) is 18.2 Å². The molecule has 0 aliphatic heterocycles. The lowest BCUT2D eigenvalue weighted by molar-refractivity contribution is -0.141. The van der Waals surface area contributed by atoms with Crippen molar-refractivity contribution in [3.8, 4) is 28.3 Å². The van der Waals surface area contributed by atoms with Gasteiger partial charge in [0.15, 0.2) is 6.61 Å². The average molecular weight is 431 g/mol. The highest BCUT2D eigenvalue weighted by atomic mass is 19.4. The van der Waals surface area contributed by atoms with Crippen molar-refractivity contribution in [3.63, 3.8) is 0 Å². The maximum atomic E-state index is 13.4. The Morgan fingerprint density at radius 1 is 1.06 bits per heavy atom. The lowest BCUT2D eigenvalue weighted by Gasteiger charge is -2.17. The number of pyridine rings is 1. The zero-order valence-electron chi connectivity index (χ0n) is 17.1. The van der Waals surface area contributed by atoms with Crippen molar-refractivity contribution in [2.45, 2.75) is 13.1 Å². The Kier molecular flexibility index (Phi) is 6.09. The fourth-order valence-corrected chi connectivity index (χ4v) is 2.84. The quantitative estimate of drug-likeness (QED) is 0.664. The van der Waals surface area contributed by atoms with Crippen LogP contribution in [-0.4, -0.2) is 46.5 Å². The summed E-state index contributed by atoms with van der Waals surface area (Å²) in [5.74, 6) is -0.594. The SMILES string of the molecule is Cc1cc(-c2c(OCC(=O)N(C)C)nc(N)nc2-c2ccccc2)cc(C(F)(F)F)n1. The fourth-order valence-electron chi connectivity index (χ4n) is 2.84. The summed E-state index contributed by atoms with van der Waals surface area (Å²) in [6.07, 6.45) is -4.65. The summed E-state index contributed by atoms with van der Waals surface area (Å²) in [4.78, 5) is 25.2. The van der Waals surface area contributed by atoms with E-state index in [1.807, 2.05) is 0 Å². The van der Waals surface area contributed by atoms with Crippen LogP contribution in [0.2, 0.25) is 0 Å². The Bertz CT molecular complexity index is 1100. The van der Waals surface area contributed by atoms with E-state index in [0.717, 1.165) is 6.07 Å². The van der Waals surface area contributed by atoms with Crippen molar-refractivity contribution in [2.24, 2.45) is 0 Å². The molecule has 2 N–H and O–H groups in total. The lowest BCUT2D eigenvalue weighted by Crippen LogP contribution is -2.28. The highest BCUT2D eigenvalue weighted by molar-refractivity contribution is 5.85. The van der Waals surface area contributed by atoms with Crippen molar-refractivity contribution < 1.29 is 22.7 Å². The normalized spacial score (nSPS) is 11.3. The van der Waals surface area contributed by atoms with E-state index in [4.69, 9.17) is 10.5 Å². The highest BCUT2D eigenvalue weighted by Gasteiger charge is 2.34. The van der Waals surface area contributed by atoms with Gasteiger partial charge in [0.2, 0.25) is 11.8 Å². The van der Waals surface area contributed by atoms with Crippen molar-refractivity contribution in [1.29, 1.82) is 0 Å². The number of carbonyl (C=O) groups is 1. The molecule has 2 aromatic heterocycles. The van der Waals surface area contributed by atoms with Gasteiger partial charge in [0.05, 0.1) is 11.3 Å². The molecule has 0 aliphatic rings. The van der Waals surface area contributed by atoms with Crippen molar-refractivity contribution in [2.75, 3.05) is 26.4 Å². The third kappa shape index (κ3) is 5.08. The van der Waals surface area contributed by atoms with Gasteiger partial charge in [-0.25, -0.2) is 9.97 Å². The van der Waals surface area contributed by atoms with Gasteiger partial charge in [-0.05, 0) is 24.6 Å². The van der Waals surface area contributed by atoms with E-state index >= 15 is 0 Å². The minimum absolute atomic E-state index is 0.0970. The number of aromatic nitrogens is 3. The van der Waals surface area contributed by atoms with Crippen molar-refractivity contribution in [3.05, 3.63) is 53.9 Å². The Labute approximate surface area is 176 Å². The molecule has 3 aromatic rings. The number of aryl methyl sites for hydroxylation is 1. The Morgan fingerprint density at radius 3 is 2.35 bits per heavy atom. The minimum atomic E-state index is -4.65. The van der Waals surface area contributed by atoms with Crippen LogP contribution < -0.4 is 10.5 Å². The second kappa shape index (κ2) is 8.58. The summed E-state index contributed by atoms with van der Waals surface area (Å²) < 4.78 is 45.8. The highest BCUT2D eigenvalue weighted by Crippen LogP contribution is 2.40. The molecule has 2 heterocycles. The van der Waals surface area contributed by atoms with E-state index in [9.17, 15) is 18.0 Å². The molecule has 0 fully saturated rings. The third-order valence-corrected chi connectivity index (χ3v) is 4.30. The molecule has 0 bridgehead atoms. The van der Waals surface area contributed by atoms with Gasteiger partial charge in [0.1, 0.15) is 5.69 Å². The number of hydrogen-bond donors (Lipinski definition) is 1. The first kappa shape index (κ1) is 22.0. The van der Waals surface area contributed by atoms with Gasteiger partial charge in [0, 0.05) is 25.4 Å². The van der Waals surface area contributed by atoms with Crippen LogP contribution in [0.3, 0.4) is 0 Å². The number of carbonyl (C=O) groups excluding carboxylic acids is 1. The molecule has 0 unspecified atom stereocenters. The number of hydrogen-bond acceptors (Lipinski definition) is 6. The molecular weight excluding hydrogens is 411 g/mol. The zero-order valence-corrected chi connectivity index (χ0v) is 17.1. The van der Waals surface area contributed by atoms with E-state index in [1.54, 1.807) is 44.4 Å². The first-order chi connectivity index (χ1) is 14.6. The lowest BCUT2D eigenvalue weighted by atomic mass is 9.99. The molecule has 0 spiro atoms. The Balaban J connectivity index is 2.25. The van der Waals surface area contributed by atoms with Gasteiger partial charge in [0.25, 0.3) is 5.91 Å². The third-order valence-electron chi connectivity index (χ3n) is 4.30. The molecule has 162 valence electrons. The average Bonchev–Trinajstić information content (AvgIpc) is 2.71. The molecule has 0 radical (unpaired) electrons. The summed E-state index contributed by atoms with van der Waals surface area (Å²) in [7, 11) is 3.11. The number of alkyl halides is 3. The molecular formula is C21H20F3N5O2. The number of nitrogens with two attached hydrogens (primary N) is 1. The van der Waals surface area contributed by atoms with Gasteiger partial charge in [-0.3, -0.25) is 4.79 Å². The van der Waals surface area contributed by atoms with Crippen LogP contribution in [0, 0.1) is 6.92 Å². The van der Waals surface area contributed by atoms with E-state index in [1.165, 1.54) is 17.9 Å². The molecule has 1 aromatic carbocycles. The molecule has 3 rings (SSSR count). The van der Waals surface area contributed by atoms with E-state index < -0.39 is 11.9 Å². The maximum absolute atomic E-state index is 13.4. The predicted octanol–water partition coefficient (Wildman–Crippen LogP) is 3.58. The van der Waals surface area contributed by atoms with Gasteiger partial charge >= 0.3 is 6.18 Å². The van der Waals surface area contributed by atoms with E-state index in [-0.39, 0.29) is 46.9 Å². The van der Waals surface area contributed by atoms with Gasteiger partial charge in [-0.1, -0.05) is 30.3 Å². The smallest absolute Gasteiger partial charge is 0.433 e. The van der Waals surface area contributed by atoms with E-state index in [2.05, 4.69) is 15.0 Å². The fraction of sp³-hybridized carbons (Fsp3) is 0.238. The summed E-state index contributed by atoms with van der Waals surface area (Å²) in [5, 5.41) is 0. The second-order valence-corrected chi connectivity index (χ2v) is 6.93. The Morgan fingerprint density at radius 2 is 1.74 bits per heavy atom. The summed E-state index contributed by atoms with van der Waals surface area (Å²) >= 11 is 0. The van der Waals surface area contributed by atoms with Crippen LogP contribution in [0.15, 0.2) is 42.5 Å². The van der Waals surface area contributed by atoms with Crippen molar-refractivity contribution in [1.82, 2.24) is 19.9 Å². The number of benzene rings is 1. The monoisotopic (exact) mass is 431 g/mol. The largest absolute Gasteiger partial charge is 0.467 e. The van der Waals surface area contributed by atoms with Crippen LogP contribution in [0.5, 0.6) is 5.88 Å². The number of anilines is 1. The minimum Gasteiger partial charge on any atom is -0.467 e. The molecule has 0 aliphatic carbocycles. The van der Waals surface area contributed by atoms with Crippen LogP contribution in [0.4, 0.5) is 19.1 Å². The number of likely N-dealkylation sites (N-methyl/N-ethyl adjacent to an activating group) is 1. The number of nitrogen functional groups attached to an aromatic ring is 1. The molecule has 0 atom stereocenters. The number of amides is 1. The standard InChI is InChI=1S/C21H20F3N5O2/c1-12-9-14(10-15(26-12)21(22,23)24)17-18(13-7-5-4-6-8-13)27-20(25)28-19(17)31-11-16(30)29(2)3/h4-10H,11H2,1-3H3,(H2,25,27,28). The van der Waals surface area contributed by atoms with Gasteiger partial charge in [-0.15, -0.1) is 0 Å². The number of halogens is 3. The van der Waals surface area contributed by atoms with Crippen LogP contribution in [0.1, 0.15) is 11.4 Å². The summed E-state index contributed by atoms with van der Waals surface area (Å²) in [6.45, 7) is 1.08. The molecule has 1 amide bonds. The predicted molar refractivity (Wildman–Crippen MR) is 109 cm³/mol. The zero-order chi connectivity index (χ0) is 22.8. The maximum Gasteiger partial charge on any atom is 0.433 e. The van der Waals surface area contributed by atoms with Crippen LogP contribution in [0.25, 0.3) is 22.4 Å².